The van der Waals surface area contributed by atoms with Gasteiger partial charge < -0.3 is 25.0 Å². The van der Waals surface area contributed by atoms with E-state index >= 15 is 0 Å². The molecule has 1 fully saturated rings. The van der Waals surface area contributed by atoms with E-state index in [0.29, 0.717) is 37.0 Å². The summed E-state index contributed by atoms with van der Waals surface area (Å²) in [4.78, 5) is 18.9. The highest BCUT2D eigenvalue weighted by atomic mass is 16.5. The predicted molar refractivity (Wildman–Crippen MR) is 115 cm³/mol. The highest BCUT2D eigenvalue weighted by molar-refractivity contribution is 5.97. The fourth-order valence-corrected chi connectivity index (χ4v) is 3.32. The molecule has 0 saturated carbocycles. The molecule has 1 heterocycles. The number of ether oxygens (including phenoxy) is 2. The molecule has 0 radical (unpaired) electrons. The van der Waals surface area contributed by atoms with Gasteiger partial charge in [-0.15, -0.1) is 0 Å². The second-order valence-corrected chi connectivity index (χ2v) is 6.77. The molecule has 1 unspecified atom stereocenters. The fourth-order valence-electron chi connectivity index (χ4n) is 3.32. The second-order valence-electron chi connectivity index (χ2n) is 6.77. The molecule has 0 bridgehead atoms. The number of aliphatic imine (C=N–C) groups is 1. The molecule has 2 aromatic rings. The van der Waals surface area contributed by atoms with Crippen molar-refractivity contribution in [3.63, 3.8) is 0 Å². The van der Waals surface area contributed by atoms with Crippen molar-refractivity contribution in [2.24, 2.45) is 4.99 Å². The normalized spacial score (nSPS) is 16.7. The van der Waals surface area contributed by atoms with Crippen LogP contribution in [0.25, 0.3) is 0 Å². The van der Waals surface area contributed by atoms with Crippen LogP contribution < -0.4 is 25.0 Å². The molecule has 1 amide bonds. The second kappa shape index (κ2) is 9.82. The number of hydrogen-bond donors (Lipinski definition) is 2. The average molecular weight is 396 g/mol. The predicted octanol–water partition coefficient (Wildman–Crippen LogP) is 2.56. The van der Waals surface area contributed by atoms with Gasteiger partial charge in [0, 0.05) is 25.2 Å². The first-order valence-electron chi connectivity index (χ1n) is 9.75. The maximum Gasteiger partial charge on any atom is 0.229 e. The summed E-state index contributed by atoms with van der Waals surface area (Å²) in [7, 11) is 3.23. The molecule has 3 rings (SSSR count). The third-order valence-electron chi connectivity index (χ3n) is 4.75. The Morgan fingerprint density at radius 1 is 1.14 bits per heavy atom. The van der Waals surface area contributed by atoms with Crippen molar-refractivity contribution in [3.8, 4) is 11.5 Å². The number of guanidine groups is 1. The quantitative estimate of drug-likeness (QED) is 0.556. The van der Waals surface area contributed by atoms with Gasteiger partial charge in [0.15, 0.2) is 17.5 Å². The smallest absolute Gasteiger partial charge is 0.229 e. The molecule has 1 atom stereocenters. The number of amides is 1. The monoisotopic (exact) mass is 396 g/mol. The molecule has 1 aliphatic heterocycles. The summed E-state index contributed by atoms with van der Waals surface area (Å²) < 4.78 is 10.6. The number of para-hydroxylation sites is 1. The Bertz CT molecular complexity index is 854. The molecule has 0 aromatic heterocycles. The lowest BCUT2D eigenvalue weighted by atomic mass is 10.2. The maximum atomic E-state index is 12.4. The van der Waals surface area contributed by atoms with E-state index in [2.05, 4.69) is 15.6 Å². The van der Waals surface area contributed by atoms with Gasteiger partial charge in [-0.2, -0.15) is 0 Å². The van der Waals surface area contributed by atoms with Gasteiger partial charge in [0.1, 0.15) is 0 Å². The van der Waals surface area contributed by atoms with Crippen molar-refractivity contribution >= 4 is 17.6 Å². The van der Waals surface area contributed by atoms with E-state index in [1.807, 2.05) is 60.4 Å². The minimum atomic E-state index is 0.00547. The van der Waals surface area contributed by atoms with E-state index in [1.165, 1.54) is 0 Å². The van der Waals surface area contributed by atoms with Crippen LogP contribution in [0.3, 0.4) is 0 Å². The Morgan fingerprint density at radius 3 is 2.59 bits per heavy atom. The lowest BCUT2D eigenvalue weighted by Gasteiger charge is -2.19. The van der Waals surface area contributed by atoms with Crippen molar-refractivity contribution in [1.29, 1.82) is 0 Å². The fraction of sp³-hybridized carbons (Fsp3) is 0.364. The van der Waals surface area contributed by atoms with Crippen LogP contribution in [0.2, 0.25) is 0 Å². The summed E-state index contributed by atoms with van der Waals surface area (Å²) in [6, 6.07) is 15.5. The van der Waals surface area contributed by atoms with E-state index in [1.54, 1.807) is 14.2 Å². The highest BCUT2D eigenvalue weighted by Crippen LogP contribution is 2.27. The van der Waals surface area contributed by atoms with Gasteiger partial charge in [0.05, 0.1) is 26.8 Å². The molecule has 29 heavy (non-hydrogen) atoms. The van der Waals surface area contributed by atoms with E-state index < -0.39 is 0 Å². The van der Waals surface area contributed by atoms with Gasteiger partial charge >= 0.3 is 0 Å². The van der Waals surface area contributed by atoms with Gasteiger partial charge in [-0.05, 0) is 36.8 Å². The van der Waals surface area contributed by atoms with E-state index in [4.69, 9.17) is 9.47 Å². The number of carbonyl (C=O) groups excluding carboxylic acids is 1. The maximum absolute atomic E-state index is 12.4. The lowest BCUT2D eigenvalue weighted by Crippen LogP contribution is -2.44. The van der Waals surface area contributed by atoms with Crippen LogP contribution >= 0.6 is 0 Å². The Balaban J connectivity index is 1.66. The zero-order valence-electron chi connectivity index (χ0n) is 17.1. The number of methoxy groups -OCH3 is 2. The zero-order valence-corrected chi connectivity index (χ0v) is 17.1. The SMILES string of the molecule is CCNC(=NCc1ccc(OC)c(OC)c1)NC1CC(=O)N(c2ccccc2)C1. The van der Waals surface area contributed by atoms with E-state index in [0.717, 1.165) is 17.8 Å². The van der Waals surface area contributed by atoms with Gasteiger partial charge in [0.2, 0.25) is 5.91 Å². The third kappa shape index (κ3) is 5.19. The number of nitrogens with zero attached hydrogens (tertiary/aromatic N) is 2. The average Bonchev–Trinajstić information content (AvgIpc) is 3.12. The number of rotatable bonds is 7. The van der Waals surface area contributed by atoms with Gasteiger partial charge in [-0.3, -0.25) is 4.79 Å². The summed E-state index contributed by atoms with van der Waals surface area (Å²) in [6.07, 6.45) is 0.440. The van der Waals surface area contributed by atoms with Crippen LogP contribution in [0.15, 0.2) is 53.5 Å². The Kier molecular flexibility index (Phi) is 6.94. The molecular formula is C22H28N4O3. The van der Waals surface area contributed by atoms with Gasteiger partial charge in [-0.1, -0.05) is 24.3 Å². The van der Waals surface area contributed by atoms with Crippen LogP contribution in [0.4, 0.5) is 5.69 Å². The third-order valence-corrected chi connectivity index (χ3v) is 4.75. The van der Waals surface area contributed by atoms with Crippen molar-refractivity contribution in [3.05, 3.63) is 54.1 Å². The van der Waals surface area contributed by atoms with Crippen LogP contribution in [0, 0.1) is 0 Å². The van der Waals surface area contributed by atoms with Crippen LogP contribution in [-0.4, -0.2) is 45.2 Å². The highest BCUT2D eigenvalue weighted by Gasteiger charge is 2.31. The number of hydrogen-bond acceptors (Lipinski definition) is 4. The van der Waals surface area contributed by atoms with Crippen molar-refractivity contribution in [1.82, 2.24) is 10.6 Å². The standard InChI is InChI=1S/C22H28N4O3/c1-4-23-22(24-14-16-10-11-19(28-2)20(12-16)29-3)25-17-13-21(27)26(15-17)18-8-6-5-7-9-18/h5-12,17H,4,13-15H2,1-3H3,(H2,23,24,25). The van der Waals surface area contributed by atoms with Gasteiger partial charge in [0.25, 0.3) is 0 Å². The number of anilines is 1. The summed E-state index contributed by atoms with van der Waals surface area (Å²) in [5, 5.41) is 6.64. The summed E-state index contributed by atoms with van der Waals surface area (Å²) in [5.41, 5.74) is 1.93. The first-order valence-corrected chi connectivity index (χ1v) is 9.75. The van der Waals surface area contributed by atoms with E-state index in [-0.39, 0.29) is 11.9 Å². The van der Waals surface area contributed by atoms with Crippen LogP contribution in [-0.2, 0) is 11.3 Å². The number of nitrogens with one attached hydrogen (secondary N) is 2. The molecule has 1 aliphatic rings. The molecule has 0 spiro atoms. The molecular weight excluding hydrogens is 368 g/mol. The number of carbonyl (C=O) groups is 1. The summed E-state index contributed by atoms with van der Waals surface area (Å²) >= 11 is 0. The van der Waals surface area contributed by atoms with Crippen LogP contribution in [0.1, 0.15) is 18.9 Å². The van der Waals surface area contributed by atoms with Crippen molar-refractivity contribution < 1.29 is 14.3 Å². The lowest BCUT2D eigenvalue weighted by molar-refractivity contribution is -0.117. The number of benzene rings is 2. The minimum Gasteiger partial charge on any atom is -0.493 e. The van der Waals surface area contributed by atoms with E-state index in [9.17, 15) is 4.79 Å². The molecule has 2 aromatic carbocycles. The molecule has 0 aliphatic carbocycles. The molecule has 2 N–H and O–H groups in total. The van der Waals surface area contributed by atoms with Crippen molar-refractivity contribution in [2.75, 3.05) is 32.2 Å². The summed E-state index contributed by atoms with van der Waals surface area (Å²) in [5.74, 6) is 2.17. The van der Waals surface area contributed by atoms with Gasteiger partial charge in [-0.25, -0.2) is 4.99 Å². The first-order chi connectivity index (χ1) is 14.1. The Labute approximate surface area is 171 Å². The Hall–Kier alpha value is -3.22. The first kappa shape index (κ1) is 20.5. The molecule has 154 valence electrons. The largest absolute Gasteiger partial charge is 0.493 e. The molecule has 7 heteroatoms. The molecule has 1 saturated heterocycles. The summed E-state index contributed by atoms with van der Waals surface area (Å²) in [6.45, 7) is 3.85. The topological polar surface area (TPSA) is 75.2 Å². The van der Waals surface area contributed by atoms with Crippen LogP contribution in [0.5, 0.6) is 11.5 Å². The minimum absolute atomic E-state index is 0.00547. The van der Waals surface area contributed by atoms with Crippen molar-refractivity contribution in [2.45, 2.75) is 25.9 Å². The molecule has 7 nitrogen and oxygen atoms in total. The zero-order chi connectivity index (χ0) is 20.6. The Morgan fingerprint density at radius 2 is 1.90 bits per heavy atom.